The first-order valence-corrected chi connectivity index (χ1v) is 8.78. The lowest BCUT2D eigenvalue weighted by Crippen LogP contribution is -2.16. The SMILES string of the molecule is Cc1cc(C)cc(-c2cc(NCCNc3nccc(NC=O)n3)nc(N)n2)c1. The minimum atomic E-state index is 0.211. The number of nitrogens with zero attached hydrogens (tertiary/aromatic N) is 4. The lowest BCUT2D eigenvalue weighted by atomic mass is 10.0. The van der Waals surface area contributed by atoms with Crippen LogP contribution in [-0.4, -0.2) is 39.4 Å². The second kappa shape index (κ2) is 8.76. The number of hydrogen-bond acceptors (Lipinski definition) is 8. The second-order valence-corrected chi connectivity index (χ2v) is 6.25. The van der Waals surface area contributed by atoms with E-state index in [-0.39, 0.29) is 5.95 Å². The average Bonchev–Trinajstić information content (AvgIpc) is 2.65. The van der Waals surface area contributed by atoms with E-state index in [1.807, 2.05) is 19.9 Å². The van der Waals surface area contributed by atoms with Crippen LogP contribution < -0.4 is 21.7 Å². The molecule has 3 aromatic rings. The molecular formula is C19H22N8O. The van der Waals surface area contributed by atoms with Crippen LogP contribution in [0.4, 0.5) is 23.5 Å². The smallest absolute Gasteiger partial charge is 0.224 e. The second-order valence-electron chi connectivity index (χ2n) is 6.25. The third-order valence-electron chi connectivity index (χ3n) is 3.84. The number of aryl methyl sites for hydroxylation is 2. The number of nitrogens with one attached hydrogen (secondary N) is 3. The standard InChI is InChI=1S/C19H22N8O/c1-12-7-13(2)9-14(8-12)15-10-17(26-18(20)25-15)21-5-6-23-19-22-4-3-16(27-19)24-11-28/h3-4,7-11H,5-6H2,1-2H3,(H3,20,21,25,26)(H2,22,23,24,27,28). The molecule has 9 heteroatoms. The zero-order valence-electron chi connectivity index (χ0n) is 15.7. The van der Waals surface area contributed by atoms with Crippen LogP contribution >= 0.6 is 0 Å². The summed E-state index contributed by atoms with van der Waals surface area (Å²) in [6.07, 6.45) is 2.14. The van der Waals surface area contributed by atoms with E-state index in [4.69, 9.17) is 5.73 Å². The third-order valence-corrected chi connectivity index (χ3v) is 3.84. The minimum Gasteiger partial charge on any atom is -0.368 e. The molecule has 144 valence electrons. The molecule has 0 saturated heterocycles. The number of hydrogen-bond donors (Lipinski definition) is 4. The molecule has 0 spiro atoms. The molecular weight excluding hydrogens is 356 g/mol. The minimum absolute atomic E-state index is 0.211. The van der Waals surface area contributed by atoms with Crippen LogP contribution in [-0.2, 0) is 4.79 Å². The van der Waals surface area contributed by atoms with Crippen molar-refractivity contribution in [2.45, 2.75) is 13.8 Å². The highest BCUT2D eigenvalue weighted by Crippen LogP contribution is 2.23. The molecule has 1 amide bonds. The monoisotopic (exact) mass is 378 g/mol. The summed E-state index contributed by atoms with van der Waals surface area (Å²) in [6, 6.07) is 9.72. The topological polar surface area (TPSA) is 131 Å². The van der Waals surface area contributed by atoms with Gasteiger partial charge in [0.1, 0.15) is 11.6 Å². The number of carbonyl (C=O) groups is 1. The molecule has 0 aliphatic heterocycles. The predicted molar refractivity (Wildman–Crippen MR) is 110 cm³/mol. The number of nitrogens with two attached hydrogens (primary N) is 1. The van der Waals surface area contributed by atoms with Crippen molar-refractivity contribution in [2.75, 3.05) is 34.8 Å². The third kappa shape index (κ3) is 5.13. The fourth-order valence-electron chi connectivity index (χ4n) is 2.78. The number of rotatable bonds is 8. The summed E-state index contributed by atoms with van der Waals surface area (Å²) >= 11 is 0. The molecule has 0 aliphatic rings. The van der Waals surface area contributed by atoms with Gasteiger partial charge in [0.25, 0.3) is 0 Å². The molecule has 0 radical (unpaired) electrons. The van der Waals surface area contributed by atoms with Crippen molar-refractivity contribution in [1.29, 1.82) is 0 Å². The Kier molecular flexibility index (Phi) is 5.95. The Morgan fingerprint density at radius 2 is 1.71 bits per heavy atom. The van der Waals surface area contributed by atoms with Gasteiger partial charge in [0.15, 0.2) is 0 Å². The summed E-state index contributed by atoms with van der Waals surface area (Å²) in [5.41, 5.74) is 9.98. The van der Waals surface area contributed by atoms with Gasteiger partial charge in [-0.2, -0.15) is 9.97 Å². The van der Waals surface area contributed by atoms with Gasteiger partial charge in [0.2, 0.25) is 18.3 Å². The maximum absolute atomic E-state index is 10.5. The van der Waals surface area contributed by atoms with E-state index in [1.54, 1.807) is 12.3 Å². The fourth-order valence-corrected chi connectivity index (χ4v) is 2.78. The largest absolute Gasteiger partial charge is 0.368 e. The number of benzene rings is 1. The highest BCUT2D eigenvalue weighted by Gasteiger charge is 2.06. The van der Waals surface area contributed by atoms with Gasteiger partial charge in [0, 0.05) is 30.9 Å². The van der Waals surface area contributed by atoms with Crippen molar-refractivity contribution in [3.63, 3.8) is 0 Å². The average molecular weight is 378 g/mol. The van der Waals surface area contributed by atoms with E-state index in [2.05, 4.69) is 54.1 Å². The number of carbonyl (C=O) groups excluding carboxylic acids is 1. The van der Waals surface area contributed by atoms with Gasteiger partial charge < -0.3 is 21.7 Å². The van der Waals surface area contributed by atoms with Crippen LogP contribution in [0, 0.1) is 13.8 Å². The molecule has 0 bridgehead atoms. The molecule has 1 aromatic carbocycles. The summed E-state index contributed by atoms with van der Waals surface area (Å²) in [6.45, 7) is 5.21. The van der Waals surface area contributed by atoms with Crippen LogP contribution in [0.5, 0.6) is 0 Å². The molecule has 0 unspecified atom stereocenters. The summed E-state index contributed by atoms with van der Waals surface area (Å²) in [7, 11) is 0. The van der Waals surface area contributed by atoms with Gasteiger partial charge in [0.05, 0.1) is 5.69 Å². The van der Waals surface area contributed by atoms with E-state index >= 15 is 0 Å². The number of nitrogen functional groups attached to an aromatic ring is 1. The van der Waals surface area contributed by atoms with Gasteiger partial charge in [-0.3, -0.25) is 4.79 Å². The number of aromatic nitrogens is 4. The van der Waals surface area contributed by atoms with Crippen molar-refractivity contribution < 1.29 is 4.79 Å². The molecule has 28 heavy (non-hydrogen) atoms. The van der Waals surface area contributed by atoms with Gasteiger partial charge in [-0.25, -0.2) is 9.97 Å². The van der Waals surface area contributed by atoms with Gasteiger partial charge in [-0.1, -0.05) is 17.2 Å². The maximum Gasteiger partial charge on any atom is 0.224 e. The van der Waals surface area contributed by atoms with Crippen LogP contribution in [0.1, 0.15) is 11.1 Å². The normalized spacial score (nSPS) is 10.4. The molecule has 5 N–H and O–H groups in total. The Labute approximate surface area is 162 Å². The van der Waals surface area contributed by atoms with Crippen molar-refractivity contribution >= 4 is 29.9 Å². The lowest BCUT2D eigenvalue weighted by Gasteiger charge is -2.10. The lowest BCUT2D eigenvalue weighted by molar-refractivity contribution is -0.105. The molecule has 2 heterocycles. The summed E-state index contributed by atoms with van der Waals surface area (Å²) in [5, 5.41) is 8.77. The van der Waals surface area contributed by atoms with E-state index in [9.17, 15) is 4.79 Å². The predicted octanol–water partition coefficient (Wildman–Crippen LogP) is 2.22. The number of anilines is 4. The Morgan fingerprint density at radius 1 is 0.964 bits per heavy atom. The molecule has 0 aliphatic carbocycles. The van der Waals surface area contributed by atoms with Crippen molar-refractivity contribution in [3.8, 4) is 11.3 Å². The Bertz CT molecular complexity index is 956. The Balaban J connectivity index is 1.62. The first-order chi connectivity index (χ1) is 13.5. The van der Waals surface area contributed by atoms with E-state index in [0.29, 0.717) is 37.1 Å². The fraction of sp³-hybridized carbons (Fsp3) is 0.211. The molecule has 2 aromatic heterocycles. The van der Waals surface area contributed by atoms with Crippen LogP contribution in [0.25, 0.3) is 11.3 Å². The van der Waals surface area contributed by atoms with Crippen molar-refractivity contribution in [3.05, 3.63) is 47.7 Å². The zero-order valence-corrected chi connectivity index (χ0v) is 15.7. The van der Waals surface area contributed by atoms with Gasteiger partial charge in [-0.05, 0) is 32.0 Å². The van der Waals surface area contributed by atoms with E-state index in [0.717, 1.165) is 22.4 Å². The molecule has 9 nitrogen and oxygen atoms in total. The van der Waals surface area contributed by atoms with Crippen LogP contribution in [0.2, 0.25) is 0 Å². The first kappa shape index (κ1) is 19.0. The number of amides is 1. The highest BCUT2D eigenvalue weighted by atomic mass is 16.1. The Morgan fingerprint density at radius 3 is 2.46 bits per heavy atom. The van der Waals surface area contributed by atoms with Crippen molar-refractivity contribution in [1.82, 2.24) is 19.9 Å². The van der Waals surface area contributed by atoms with Crippen LogP contribution in [0.3, 0.4) is 0 Å². The van der Waals surface area contributed by atoms with Crippen LogP contribution in [0.15, 0.2) is 36.5 Å². The summed E-state index contributed by atoms with van der Waals surface area (Å²) < 4.78 is 0. The summed E-state index contributed by atoms with van der Waals surface area (Å²) in [4.78, 5) is 27.3. The van der Waals surface area contributed by atoms with E-state index in [1.165, 1.54) is 0 Å². The highest BCUT2D eigenvalue weighted by molar-refractivity contribution is 5.69. The Hall–Kier alpha value is -3.75. The zero-order chi connectivity index (χ0) is 19.9. The van der Waals surface area contributed by atoms with Gasteiger partial charge in [-0.15, -0.1) is 0 Å². The van der Waals surface area contributed by atoms with Crippen molar-refractivity contribution in [2.24, 2.45) is 0 Å². The summed E-state index contributed by atoms with van der Waals surface area (Å²) in [5.74, 6) is 1.71. The maximum atomic E-state index is 10.5. The molecule has 0 saturated carbocycles. The van der Waals surface area contributed by atoms with E-state index < -0.39 is 0 Å². The molecule has 0 atom stereocenters. The molecule has 3 rings (SSSR count). The quantitative estimate of drug-likeness (QED) is 0.347. The first-order valence-electron chi connectivity index (χ1n) is 8.78. The molecule has 0 fully saturated rings. The van der Waals surface area contributed by atoms with Gasteiger partial charge >= 0.3 is 0 Å².